The molecule has 0 unspecified atom stereocenters. The number of hydrogen-bond acceptors (Lipinski definition) is 2. The lowest BCUT2D eigenvalue weighted by molar-refractivity contribution is -0.139. The Labute approximate surface area is 135 Å². The highest BCUT2D eigenvalue weighted by Gasteiger charge is 2.19. The van der Waals surface area contributed by atoms with Gasteiger partial charge in [-0.15, -0.1) is 6.58 Å². The van der Waals surface area contributed by atoms with E-state index in [0.29, 0.717) is 18.4 Å². The first-order valence-corrected chi connectivity index (χ1v) is 7.42. The number of allylic oxidation sites excluding steroid dienone is 1. The minimum atomic E-state index is -1.04. The fraction of sp³-hybridized carbons (Fsp3) is 0.158. The van der Waals surface area contributed by atoms with Gasteiger partial charge in [0.15, 0.2) is 0 Å². The number of carboxylic acid groups (broad SMARTS) is 1. The molecule has 2 rings (SSSR count). The Morgan fingerprint density at radius 1 is 1.04 bits per heavy atom. The second kappa shape index (κ2) is 7.94. The van der Waals surface area contributed by atoms with Gasteiger partial charge in [-0.1, -0.05) is 48.5 Å². The van der Waals surface area contributed by atoms with Crippen molar-refractivity contribution in [2.75, 3.05) is 0 Å². The van der Waals surface area contributed by atoms with Crippen LogP contribution in [0.25, 0.3) is 11.1 Å². The number of nitrogens with one attached hydrogen (secondary N) is 1. The number of rotatable bonds is 7. The summed E-state index contributed by atoms with van der Waals surface area (Å²) in [4.78, 5) is 23.3. The fourth-order valence-electron chi connectivity index (χ4n) is 2.23. The van der Waals surface area contributed by atoms with Crippen LogP contribution in [0.5, 0.6) is 0 Å². The average molecular weight is 309 g/mol. The smallest absolute Gasteiger partial charge is 0.326 e. The minimum absolute atomic E-state index is 0.326. The fourth-order valence-corrected chi connectivity index (χ4v) is 2.23. The van der Waals surface area contributed by atoms with Gasteiger partial charge in [-0.05, 0) is 36.1 Å². The molecular weight excluding hydrogens is 290 g/mol. The SMILES string of the molecule is C=CCC[C@H](NC(=O)c1ccc(-c2ccccc2)cc1)C(=O)O. The van der Waals surface area contributed by atoms with Gasteiger partial charge in [0.05, 0.1) is 0 Å². The summed E-state index contributed by atoms with van der Waals surface area (Å²) in [6.45, 7) is 3.56. The van der Waals surface area contributed by atoms with Gasteiger partial charge in [-0.2, -0.15) is 0 Å². The Kier molecular flexibility index (Phi) is 5.69. The van der Waals surface area contributed by atoms with Gasteiger partial charge in [0.1, 0.15) is 6.04 Å². The van der Waals surface area contributed by atoms with E-state index in [1.165, 1.54) is 0 Å². The van der Waals surface area contributed by atoms with E-state index in [1.54, 1.807) is 18.2 Å². The molecule has 0 heterocycles. The summed E-state index contributed by atoms with van der Waals surface area (Å²) in [5, 5.41) is 11.7. The molecule has 118 valence electrons. The highest BCUT2D eigenvalue weighted by molar-refractivity contribution is 5.97. The Bertz CT molecular complexity index is 678. The molecule has 4 nitrogen and oxygen atoms in total. The second-order valence-electron chi connectivity index (χ2n) is 5.17. The molecule has 2 N–H and O–H groups in total. The van der Waals surface area contributed by atoms with Crippen molar-refractivity contribution in [3.8, 4) is 11.1 Å². The Morgan fingerprint density at radius 2 is 1.65 bits per heavy atom. The van der Waals surface area contributed by atoms with Gasteiger partial charge in [0.2, 0.25) is 0 Å². The van der Waals surface area contributed by atoms with Crippen molar-refractivity contribution in [1.82, 2.24) is 5.32 Å². The zero-order valence-electron chi connectivity index (χ0n) is 12.7. The molecule has 2 aromatic rings. The molecule has 0 radical (unpaired) electrons. The number of amides is 1. The lowest BCUT2D eigenvalue weighted by atomic mass is 10.0. The van der Waals surface area contributed by atoms with Crippen LogP contribution >= 0.6 is 0 Å². The molecule has 23 heavy (non-hydrogen) atoms. The Hall–Kier alpha value is -2.88. The van der Waals surface area contributed by atoms with Crippen LogP contribution in [0.3, 0.4) is 0 Å². The topological polar surface area (TPSA) is 66.4 Å². The summed E-state index contributed by atoms with van der Waals surface area (Å²) in [7, 11) is 0. The van der Waals surface area contributed by atoms with E-state index in [-0.39, 0.29) is 5.91 Å². The van der Waals surface area contributed by atoms with Crippen molar-refractivity contribution in [3.63, 3.8) is 0 Å². The standard InChI is InChI=1S/C19H19NO3/c1-2-3-9-17(19(22)23)20-18(21)16-12-10-15(11-13-16)14-7-5-4-6-8-14/h2,4-8,10-13,17H,1,3,9H2,(H,20,21)(H,22,23)/t17-/m0/s1. The van der Waals surface area contributed by atoms with Gasteiger partial charge in [0.25, 0.3) is 5.91 Å². The molecule has 0 saturated carbocycles. The average Bonchev–Trinajstić information content (AvgIpc) is 2.59. The van der Waals surface area contributed by atoms with Crippen LogP contribution in [0, 0.1) is 0 Å². The Balaban J connectivity index is 2.07. The molecule has 0 aliphatic heterocycles. The van der Waals surface area contributed by atoms with Gasteiger partial charge in [0, 0.05) is 5.56 Å². The van der Waals surface area contributed by atoms with Crippen molar-refractivity contribution in [3.05, 3.63) is 72.8 Å². The van der Waals surface area contributed by atoms with Crippen LogP contribution in [0.4, 0.5) is 0 Å². The summed E-state index contributed by atoms with van der Waals surface area (Å²) >= 11 is 0. The molecule has 2 aromatic carbocycles. The van der Waals surface area contributed by atoms with E-state index < -0.39 is 12.0 Å². The number of carbonyl (C=O) groups is 2. The number of aliphatic carboxylic acids is 1. The van der Waals surface area contributed by atoms with Crippen molar-refractivity contribution >= 4 is 11.9 Å². The third kappa shape index (κ3) is 4.54. The molecule has 1 atom stereocenters. The first kappa shape index (κ1) is 16.5. The van der Waals surface area contributed by atoms with Gasteiger partial charge in [-0.3, -0.25) is 4.79 Å². The minimum Gasteiger partial charge on any atom is -0.480 e. The van der Waals surface area contributed by atoms with Gasteiger partial charge < -0.3 is 10.4 Å². The zero-order chi connectivity index (χ0) is 16.7. The molecule has 0 aliphatic carbocycles. The maximum absolute atomic E-state index is 12.2. The number of hydrogen-bond donors (Lipinski definition) is 2. The van der Waals surface area contributed by atoms with Crippen LogP contribution in [-0.2, 0) is 4.79 Å². The van der Waals surface area contributed by atoms with Crippen LogP contribution < -0.4 is 5.32 Å². The highest BCUT2D eigenvalue weighted by atomic mass is 16.4. The van der Waals surface area contributed by atoms with Crippen LogP contribution in [-0.4, -0.2) is 23.0 Å². The molecule has 0 bridgehead atoms. The zero-order valence-corrected chi connectivity index (χ0v) is 12.7. The molecule has 0 fully saturated rings. The van der Waals surface area contributed by atoms with Gasteiger partial charge >= 0.3 is 5.97 Å². The lowest BCUT2D eigenvalue weighted by Crippen LogP contribution is -2.40. The van der Waals surface area contributed by atoms with E-state index in [1.807, 2.05) is 42.5 Å². The monoisotopic (exact) mass is 309 g/mol. The maximum Gasteiger partial charge on any atom is 0.326 e. The van der Waals surface area contributed by atoms with Crippen molar-refractivity contribution in [1.29, 1.82) is 0 Å². The number of benzene rings is 2. The van der Waals surface area contributed by atoms with E-state index in [9.17, 15) is 9.59 Å². The van der Waals surface area contributed by atoms with Crippen LogP contribution in [0.15, 0.2) is 67.3 Å². The summed E-state index contributed by atoms with van der Waals surface area (Å²) < 4.78 is 0. The summed E-state index contributed by atoms with van der Waals surface area (Å²) in [5.41, 5.74) is 2.51. The van der Waals surface area contributed by atoms with Crippen molar-refractivity contribution < 1.29 is 14.7 Å². The lowest BCUT2D eigenvalue weighted by Gasteiger charge is -2.13. The second-order valence-corrected chi connectivity index (χ2v) is 5.17. The summed E-state index contributed by atoms with van der Waals surface area (Å²) in [6, 6.07) is 16.0. The molecule has 0 saturated heterocycles. The number of carboxylic acids is 1. The van der Waals surface area contributed by atoms with Crippen LogP contribution in [0.2, 0.25) is 0 Å². The predicted molar refractivity (Wildman–Crippen MR) is 90.2 cm³/mol. The quantitative estimate of drug-likeness (QED) is 0.769. The number of carbonyl (C=O) groups excluding carboxylic acids is 1. The normalized spacial score (nSPS) is 11.5. The molecular formula is C19H19NO3. The highest BCUT2D eigenvalue weighted by Crippen LogP contribution is 2.19. The summed E-state index contributed by atoms with van der Waals surface area (Å²) in [6.07, 6.45) is 2.49. The van der Waals surface area contributed by atoms with E-state index in [4.69, 9.17) is 5.11 Å². The van der Waals surface area contributed by atoms with Crippen molar-refractivity contribution in [2.45, 2.75) is 18.9 Å². The maximum atomic E-state index is 12.2. The van der Waals surface area contributed by atoms with Crippen LogP contribution in [0.1, 0.15) is 23.2 Å². The molecule has 0 aromatic heterocycles. The van der Waals surface area contributed by atoms with E-state index in [2.05, 4.69) is 11.9 Å². The molecule has 0 aliphatic rings. The molecule has 4 heteroatoms. The van der Waals surface area contributed by atoms with E-state index in [0.717, 1.165) is 11.1 Å². The first-order valence-electron chi connectivity index (χ1n) is 7.42. The third-order valence-corrected chi connectivity index (χ3v) is 3.52. The predicted octanol–water partition coefficient (Wildman–Crippen LogP) is 3.50. The Morgan fingerprint density at radius 3 is 2.22 bits per heavy atom. The first-order chi connectivity index (χ1) is 11.1. The largest absolute Gasteiger partial charge is 0.480 e. The third-order valence-electron chi connectivity index (χ3n) is 3.52. The summed E-state index contributed by atoms with van der Waals surface area (Å²) in [5.74, 6) is -1.43. The molecule has 0 spiro atoms. The van der Waals surface area contributed by atoms with Gasteiger partial charge in [-0.25, -0.2) is 4.79 Å². The van der Waals surface area contributed by atoms with E-state index >= 15 is 0 Å². The van der Waals surface area contributed by atoms with Crippen molar-refractivity contribution in [2.24, 2.45) is 0 Å². The molecule has 1 amide bonds.